The molecule has 0 spiro atoms. The van der Waals surface area contributed by atoms with Gasteiger partial charge in [-0.1, -0.05) is 42.5 Å². The van der Waals surface area contributed by atoms with Crippen LogP contribution in [0.2, 0.25) is 0 Å². The number of aromatic nitrogens is 1. The van der Waals surface area contributed by atoms with Crippen LogP contribution in [0.4, 0.5) is 11.4 Å². The molecule has 1 amide bonds. The molecule has 0 aliphatic carbocycles. The second-order valence-electron chi connectivity index (χ2n) is 6.79. The van der Waals surface area contributed by atoms with Gasteiger partial charge in [0.05, 0.1) is 10.6 Å². The SMILES string of the molecule is CC(=O)Nc1ccc(S(=O)(=O)Nc2ccc(-c3csc(-c4ccccc4)n3)cc2)cc1. The monoisotopic (exact) mass is 449 g/mol. The Morgan fingerprint density at radius 3 is 2.13 bits per heavy atom. The summed E-state index contributed by atoms with van der Waals surface area (Å²) < 4.78 is 27.9. The lowest BCUT2D eigenvalue weighted by Gasteiger charge is -2.09. The van der Waals surface area contributed by atoms with Crippen LogP contribution in [0.1, 0.15) is 6.92 Å². The smallest absolute Gasteiger partial charge is 0.261 e. The van der Waals surface area contributed by atoms with E-state index in [-0.39, 0.29) is 10.8 Å². The van der Waals surface area contributed by atoms with Gasteiger partial charge in [-0.15, -0.1) is 11.3 Å². The number of hydrogen-bond acceptors (Lipinski definition) is 5. The minimum atomic E-state index is -3.74. The van der Waals surface area contributed by atoms with Crippen LogP contribution in [-0.2, 0) is 14.8 Å². The fourth-order valence-corrected chi connectivity index (χ4v) is 4.86. The number of thiazole rings is 1. The Hall–Kier alpha value is -3.49. The van der Waals surface area contributed by atoms with Crippen molar-refractivity contribution in [1.82, 2.24) is 4.98 Å². The van der Waals surface area contributed by atoms with E-state index in [1.165, 1.54) is 19.1 Å². The second kappa shape index (κ2) is 8.71. The normalized spacial score (nSPS) is 11.1. The highest BCUT2D eigenvalue weighted by Crippen LogP contribution is 2.29. The van der Waals surface area contributed by atoms with Gasteiger partial charge in [-0.05, 0) is 36.4 Å². The van der Waals surface area contributed by atoms with Crippen LogP contribution in [0.5, 0.6) is 0 Å². The second-order valence-corrected chi connectivity index (χ2v) is 9.33. The quantitative estimate of drug-likeness (QED) is 0.422. The number of rotatable bonds is 6. The number of sulfonamides is 1. The van der Waals surface area contributed by atoms with E-state index in [2.05, 4.69) is 15.0 Å². The highest BCUT2D eigenvalue weighted by atomic mass is 32.2. The van der Waals surface area contributed by atoms with E-state index in [1.807, 2.05) is 47.8 Å². The molecule has 8 heteroatoms. The average Bonchev–Trinajstić information content (AvgIpc) is 3.25. The van der Waals surface area contributed by atoms with Gasteiger partial charge in [-0.2, -0.15) is 0 Å². The summed E-state index contributed by atoms with van der Waals surface area (Å²) in [6.07, 6.45) is 0. The molecule has 0 aliphatic heterocycles. The Kier molecular flexibility index (Phi) is 5.83. The number of carbonyl (C=O) groups excluding carboxylic acids is 1. The van der Waals surface area contributed by atoms with Gasteiger partial charge < -0.3 is 5.32 Å². The van der Waals surface area contributed by atoms with E-state index in [4.69, 9.17) is 0 Å². The molecule has 0 aliphatic rings. The van der Waals surface area contributed by atoms with Gasteiger partial charge in [0, 0.05) is 34.8 Å². The predicted octanol–water partition coefficient (Wildman–Crippen LogP) is 5.24. The number of amides is 1. The molecule has 6 nitrogen and oxygen atoms in total. The number of nitrogens with one attached hydrogen (secondary N) is 2. The van der Waals surface area contributed by atoms with E-state index in [1.54, 1.807) is 35.6 Å². The third kappa shape index (κ3) is 4.99. The molecule has 0 saturated heterocycles. The Labute approximate surface area is 184 Å². The summed E-state index contributed by atoms with van der Waals surface area (Å²) in [6.45, 7) is 1.39. The summed E-state index contributed by atoms with van der Waals surface area (Å²) in [7, 11) is -3.74. The minimum absolute atomic E-state index is 0.109. The third-order valence-electron chi connectivity index (χ3n) is 4.44. The van der Waals surface area contributed by atoms with Crippen LogP contribution in [0.3, 0.4) is 0 Å². The van der Waals surface area contributed by atoms with Gasteiger partial charge in [-0.3, -0.25) is 9.52 Å². The third-order valence-corrected chi connectivity index (χ3v) is 6.73. The first-order chi connectivity index (χ1) is 14.9. The van der Waals surface area contributed by atoms with E-state index in [9.17, 15) is 13.2 Å². The molecule has 0 saturated carbocycles. The van der Waals surface area contributed by atoms with Gasteiger partial charge in [0.2, 0.25) is 5.91 Å². The van der Waals surface area contributed by atoms with Gasteiger partial charge in [-0.25, -0.2) is 13.4 Å². The molecule has 2 N–H and O–H groups in total. The molecule has 4 rings (SSSR count). The maximum absolute atomic E-state index is 12.6. The molecule has 3 aromatic carbocycles. The number of nitrogens with zero attached hydrogens (tertiary/aromatic N) is 1. The van der Waals surface area contributed by atoms with Crippen LogP contribution >= 0.6 is 11.3 Å². The first-order valence-electron chi connectivity index (χ1n) is 9.42. The van der Waals surface area contributed by atoms with Crippen molar-refractivity contribution in [2.24, 2.45) is 0 Å². The summed E-state index contributed by atoms with van der Waals surface area (Å²) in [6, 6.07) is 23.0. The van der Waals surface area contributed by atoms with Crippen LogP contribution < -0.4 is 10.0 Å². The van der Waals surface area contributed by atoms with Gasteiger partial charge in [0.15, 0.2) is 0 Å². The minimum Gasteiger partial charge on any atom is -0.326 e. The van der Waals surface area contributed by atoms with E-state index >= 15 is 0 Å². The van der Waals surface area contributed by atoms with Crippen molar-refractivity contribution in [2.75, 3.05) is 10.0 Å². The summed E-state index contributed by atoms with van der Waals surface area (Å²) in [5.41, 5.74) is 3.79. The van der Waals surface area contributed by atoms with Crippen LogP contribution in [-0.4, -0.2) is 19.3 Å². The molecule has 31 heavy (non-hydrogen) atoms. The lowest BCUT2D eigenvalue weighted by molar-refractivity contribution is -0.114. The Morgan fingerprint density at radius 1 is 0.839 bits per heavy atom. The number of anilines is 2. The molecular formula is C23H19N3O3S2. The zero-order chi connectivity index (χ0) is 21.8. The molecule has 0 fully saturated rings. The van der Waals surface area contributed by atoms with Crippen molar-refractivity contribution in [1.29, 1.82) is 0 Å². The van der Waals surface area contributed by atoms with Crippen molar-refractivity contribution in [2.45, 2.75) is 11.8 Å². The van der Waals surface area contributed by atoms with Crippen molar-refractivity contribution < 1.29 is 13.2 Å². The Balaban J connectivity index is 1.48. The largest absolute Gasteiger partial charge is 0.326 e. The van der Waals surface area contributed by atoms with Crippen molar-refractivity contribution in [3.63, 3.8) is 0 Å². The first kappa shape index (κ1) is 20.8. The summed E-state index contributed by atoms with van der Waals surface area (Å²) in [5.74, 6) is -0.218. The maximum Gasteiger partial charge on any atom is 0.261 e. The topological polar surface area (TPSA) is 88.2 Å². The van der Waals surface area contributed by atoms with E-state index in [0.29, 0.717) is 11.4 Å². The van der Waals surface area contributed by atoms with E-state index in [0.717, 1.165) is 21.8 Å². The van der Waals surface area contributed by atoms with Crippen LogP contribution in [0.25, 0.3) is 21.8 Å². The van der Waals surface area contributed by atoms with Gasteiger partial charge >= 0.3 is 0 Å². The molecule has 4 aromatic rings. The summed E-state index contributed by atoms with van der Waals surface area (Å²) >= 11 is 1.56. The molecule has 156 valence electrons. The fourth-order valence-electron chi connectivity index (χ4n) is 2.96. The molecular weight excluding hydrogens is 430 g/mol. The highest BCUT2D eigenvalue weighted by molar-refractivity contribution is 7.92. The summed E-state index contributed by atoms with van der Waals surface area (Å²) in [4.78, 5) is 15.9. The number of benzene rings is 3. The van der Waals surface area contributed by atoms with Crippen molar-refractivity contribution >= 4 is 38.6 Å². The van der Waals surface area contributed by atoms with Gasteiger partial charge in [0.1, 0.15) is 5.01 Å². The number of carbonyl (C=O) groups is 1. The van der Waals surface area contributed by atoms with Gasteiger partial charge in [0.25, 0.3) is 10.0 Å². The number of hydrogen-bond donors (Lipinski definition) is 2. The van der Waals surface area contributed by atoms with E-state index < -0.39 is 10.0 Å². The Morgan fingerprint density at radius 2 is 1.48 bits per heavy atom. The average molecular weight is 450 g/mol. The zero-order valence-corrected chi connectivity index (χ0v) is 18.2. The first-order valence-corrected chi connectivity index (χ1v) is 11.8. The molecule has 0 unspecified atom stereocenters. The standard InChI is InChI=1S/C23H19N3O3S2/c1-16(27)24-19-11-13-21(14-12-19)31(28,29)26-20-9-7-17(8-10-20)22-15-30-23(25-22)18-5-3-2-4-6-18/h2-15,26H,1H3,(H,24,27). The summed E-state index contributed by atoms with van der Waals surface area (Å²) in [5, 5.41) is 5.53. The molecule has 1 aromatic heterocycles. The molecule has 0 atom stereocenters. The maximum atomic E-state index is 12.6. The van der Waals surface area contributed by atoms with Crippen LogP contribution in [0, 0.1) is 0 Å². The lowest BCUT2D eigenvalue weighted by atomic mass is 10.1. The molecule has 0 radical (unpaired) electrons. The lowest BCUT2D eigenvalue weighted by Crippen LogP contribution is -2.13. The van der Waals surface area contributed by atoms with Crippen molar-refractivity contribution in [3.05, 3.63) is 84.2 Å². The van der Waals surface area contributed by atoms with Crippen molar-refractivity contribution in [3.8, 4) is 21.8 Å². The molecule has 0 bridgehead atoms. The highest BCUT2D eigenvalue weighted by Gasteiger charge is 2.14. The van der Waals surface area contributed by atoms with Crippen LogP contribution in [0.15, 0.2) is 89.1 Å². The molecule has 1 heterocycles. The Bertz CT molecular complexity index is 1300. The predicted molar refractivity (Wildman–Crippen MR) is 125 cm³/mol. The fraction of sp³-hybridized carbons (Fsp3) is 0.0435. The zero-order valence-electron chi connectivity index (χ0n) is 16.6.